The monoisotopic (exact) mass is 399 g/mol. The van der Waals surface area contributed by atoms with Gasteiger partial charge in [0.2, 0.25) is 0 Å². The number of fused-ring (bicyclic) bond motifs is 1. The van der Waals surface area contributed by atoms with E-state index in [-0.39, 0.29) is 17.8 Å². The predicted molar refractivity (Wildman–Crippen MR) is 111 cm³/mol. The first kappa shape index (κ1) is 20.0. The number of likely N-dealkylation sites (tertiary alicyclic amines) is 1. The van der Waals surface area contributed by atoms with Crippen LogP contribution in [0.25, 0.3) is 0 Å². The summed E-state index contributed by atoms with van der Waals surface area (Å²) in [5.41, 5.74) is 1.51. The van der Waals surface area contributed by atoms with Crippen LogP contribution in [0.3, 0.4) is 0 Å². The Balaban J connectivity index is 1.38. The van der Waals surface area contributed by atoms with Gasteiger partial charge in [-0.25, -0.2) is 4.39 Å². The van der Waals surface area contributed by atoms with E-state index in [1.165, 1.54) is 12.5 Å². The number of ether oxygens (including phenoxy) is 2. The van der Waals surface area contributed by atoms with Gasteiger partial charge in [0.15, 0.2) is 11.6 Å². The average Bonchev–Trinajstić information content (AvgIpc) is 3.15. The first-order valence-electron chi connectivity index (χ1n) is 10.6. The zero-order chi connectivity index (χ0) is 20.5. The Kier molecular flexibility index (Phi) is 5.68. The lowest BCUT2D eigenvalue weighted by Crippen LogP contribution is -2.35. The molecule has 156 valence electrons. The number of aromatic hydroxyl groups is 1. The highest BCUT2D eigenvalue weighted by Gasteiger charge is 2.30. The molecule has 0 spiro atoms. The van der Waals surface area contributed by atoms with Crippen LogP contribution in [0.4, 0.5) is 4.39 Å². The molecule has 0 aliphatic carbocycles. The number of hydrogen-bond acceptors (Lipinski definition) is 4. The van der Waals surface area contributed by atoms with Gasteiger partial charge in [-0.05, 0) is 68.0 Å². The van der Waals surface area contributed by atoms with Crippen molar-refractivity contribution < 1.29 is 19.0 Å². The minimum Gasteiger partial charge on any atom is -0.505 e. The Morgan fingerprint density at radius 2 is 1.97 bits per heavy atom. The van der Waals surface area contributed by atoms with Gasteiger partial charge < -0.3 is 14.6 Å². The largest absolute Gasteiger partial charge is 0.505 e. The Labute approximate surface area is 172 Å². The van der Waals surface area contributed by atoms with E-state index in [4.69, 9.17) is 9.47 Å². The third-order valence-electron chi connectivity index (χ3n) is 6.27. The van der Waals surface area contributed by atoms with Gasteiger partial charge in [-0.15, -0.1) is 0 Å². The van der Waals surface area contributed by atoms with Gasteiger partial charge in [0.05, 0.1) is 0 Å². The van der Waals surface area contributed by atoms with Crippen molar-refractivity contribution in [2.75, 3.05) is 19.7 Å². The smallest absolute Gasteiger partial charge is 0.171 e. The Bertz CT molecular complexity index is 854. The molecule has 5 heteroatoms. The molecule has 0 amide bonds. The number of phenolic OH excluding ortho intramolecular Hbond substituents is 1. The van der Waals surface area contributed by atoms with Gasteiger partial charge in [-0.3, -0.25) is 4.90 Å². The van der Waals surface area contributed by atoms with Crippen LogP contribution in [0.1, 0.15) is 56.8 Å². The number of rotatable bonds is 5. The van der Waals surface area contributed by atoms with Crippen LogP contribution in [-0.2, 0) is 0 Å². The second-order valence-electron chi connectivity index (χ2n) is 8.67. The molecule has 2 aliphatic heterocycles. The zero-order valence-corrected chi connectivity index (χ0v) is 17.4. The highest BCUT2D eigenvalue weighted by molar-refractivity contribution is 5.45. The van der Waals surface area contributed by atoms with Crippen molar-refractivity contribution in [1.29, 1.82) is 0 Å². The number of nitrogens with zero attached hydrogens (tertiary/aromatic N) is 1. The summed E-state index contributed by atoms with van der Waals surface area (Å²) in [6.07, 6.45) is 1.80. The SMILES string of the molecule is C[C@H]1CCN([C@@H](C)COc2ccc([C@H]3C[C@H](C)c4c(ccc(O)c4F)O3)cc2)C1. The van der Waals surface area contributed by atoms with E-state index in [9.17, 15) is 9.50 Å². The van der Waals surface area contributed by atoms with Crippen molar-refractivity contribution >= 4 is 0 Å². The molecular formula is C24H30FNO3. The molecule has 1 N–H and O–H groups in total. The summed E-state index contributed by atoms with van der Waals surface area (Å²) in [7, 11) is 0. The number of halogens is 1. The van der Waals surface area contributed by atoms with Crippen LogP contribution in [0.2, 0.25) is 0 Å². The van der Waals surface area contributed by atoms with Crippen molar-refractivity contribution in [3.8, 4) is 17.2 Å². The fourth-order valence-electron chi connectivity index (χ4n) is 4.44. The van der Waals surface area contributed by atoms with Gasteiger partial charge in [0.1, 0.15) is 24.2 Å². The van der Waals surface area contributed by atoms with Crippen molar-refractivity contribution in [3.63, 3.8) is 0 Å². The second kappa shape index (κ2) is 8.23. The molecule has 1 fully saturated rings. The molecule has 0 saturated carbocycles. The Morgan fingerprint density at radius 1 is 1.21 bits per heavy atom. The number of phenols is 1. The zero-order valence-electron chi connectivity index (χ0n) is 17.4. The maximum atomic E-state index is 14.2. The molecule has 4 atom stereocenters. The van der Waals surface area contributed by atoms with Crippen molar-refractivity contribution in [1.82, 2.24) is 4.90 Å². The summed E-state index contributed by atoms with van der Waals surface area (Å²) >= 11 is 0. The van der Waals surface area contributed by atoms with Crippen LogP contribution in [0.5, 0.6) is 17.2 Å². The van der Waals surface area contributed by atoms with Crippen LogP contribution in [0, 0.1) is 11.7 Å². The molecule has 29 heavy (non-hydrogen) atoms. The molecular weight excluding hydrogens is 369 g/mol. The molecule has 0 aromatic heterocycles. The lowest BCUT2D eigenvalue weighted by atomic mass is 9.88. The van der Waals surface area contributed by atoms with E-state index in [2.05, 4.69) is 18.7 Å². The van der Waals surface area contributed by atoms with Crippen LogP contribution >= 0.6 is 0 Å². The normalized spacial score (nSPS) is 25.3. The third-order valence-corrected chi connectivity index (χ3v) is 6.27. The summed E-state index contributed by atoms with van der Waals surface area (Å²) in [4.78, 5) is 2.49. The fraction of sp³-hybridized carbons (Fsp3) is 0.500. The maximum absolute atomic E-state index is 14.2. The second-order valence-corrected chi connectivity index (χ2v) is 8.67. The van der Waals surface area contributed by atoms with Crippen molar-refractivity contribution in [2.24, 2.45) is 5.92 Å². The minimum absolute atomic E-state index is 0.0320. The Morgan fingerprint density at radius 3 is 2.66 bits per heavy atom. The molecule has 2 aromatic carbocycles. The summed E-state index contributed by atoms with van der Waals surface area (Å²) < 4.78 is 26.3. The molecule has 2 aromatic rings. The van der Waals surface area contributed by atoms with E-state index < -0.39 is 5.82 Å². The molecule has 1 saturated heterocycles. The van der Waals surface area contributed by atoms with Crippen LogP contribution in [-0.4, -0.2) is 35.7 Å². The van der Waals surface area contributed by atoms with Crippen LogP contribution < -0.4 is 9.47 Å². The number of benzene rings is 2. The standard InChI is InChI=1S/C24H30FNO3/c1-15-10-11-26(13-15)17(3)14-28-19-6-4-18(5-7-19)22-12-16(2)23-21(29-22)9-8-20(27)24(23)25/h4-9,15-17,22,27H,10-14H2,1-3H3/t15-,16-,17-,22+/m0/s1. The van der Waals surface area contributed by atoms with Crippen molar-refractivity contribution in [2.45, 2.75) is 51.7 Å². The third kappa shape index (κ3) is 4.20. The van der Waals surface area contributed by atoms with E-state index in [1.54, 1.807) is 6.07 Å². The van der Waals surface area contributed by atoms with E-state index >= 15 is 0 Å². The van der Waals surface area contributed by atoms with Gasteiger partial charge in [0.25, 0.3) is 0 Å². The molecule has 4 nitrogen and oxygen atoms in total. The summed E-state index contributed by atoms with van der Waals surface area (Å²) in [6.45, 7) is 9.48. The van der Waals surface area contributed by atoms with Gasteiger partial charge in [-0.2, -0.15) is 0 Å². The van der Waals surface area contributed by atoms with Gasteiger partial charge in [-0.1, -0.05) is 26.0 Å². The fourth-order valence-corrected chi connectivity index (χ4v) is 4.44. The number of hydrogen-bond donors (Lipinski definition) is 1. The Hall–Kier alpha value is -2.27. The average molecular weight is 400 g/mol. The van der Waals surface area contributed by atoms with Crippen LogP contribution in [0.15, 0.2) is 36.4 Å². The molecule has 0 unspecified atom stereocenters. The summed E-state index contributed by atoms with van der Waals surface area (Å²) in [6, 6.07) is 11.4. The molecule has 0 radical (unpaired) electrons. The minimum atomic E-state index is -0.571. The summed E-state index contributed by atoms with van der Waals surface area (Å²) in [5.74, 6) is 1.22. The molecule has 2 heterocycles. The maximum Gasteiger partial charge on any atom is 0.171 e. The highest BCUT2D eigenvalue weighted by Crippen LogP contribution is 2.45. The predicted octanol–water partition coefficient (Wildman–Crippen LogP) is 5.27. The van der Waals surface area contributed by atoms with Gasteiger partial charge in [0, 0.05) is 18.2 Å². The molecule has 4 rings (SSSR count). The van der Waals surface area contributed by atoms with Gasteiger partial charge >= 0.3 is 0 Å². The lowest BCUT2D eigenvalue weighted by Gasteiger charge is -2.31. The molecule has 2 aliphatic rings. The quantitative estimate of drug-likeness (QED) is 0.744. The first-order valence-corrected chi connectivity index (χ1v) is 10.6. The van der Waals surface area contributed by atoms with E-state index in [0.29, 0.717) is 30.4 Å². The topological polar surface area (TPSA) is 41.9 Å². The lowest BCUT2D eigenvalue weighted by molar-refractivity contribution is 0.159. The van der Waals surface area contributed by atoms with E-state index in [1.807, 2.05) is 31.2 Å². The highest BCUT2D eigenvalue weighted by atomic mass is 19.1. The molecule has 0 bridgehead atoms. The first-order chi connectivity index (χ1) is 13.9. The van der Waals surface area contributed by atoms with E-state index in [0.717, 1.165) is 30.3 Å². The van der Waals surface area contributed by atoms with Crippen molar-refractivity contribution in [3.05, 3.63) is 53.3 Å². The summed E-state index contributed by atoms with van der Waals surface area (Å²) in [5, 5.41) is 9.63.